The maximum atomic E-state index is 12.4. The second kappa shape index (κ2) is 6.48. The number of nitrogens with one attached hydrogen (secondary N) is 1. The molecule has 0 fully saturated rings. The van der Waals surface area contributed by atoms with Gasteiger partial charge in [-0.05, 0) is 37.6 Å². The van der Waals surface area contributed by atoms with Crippen molar-refractivity contribution >= 4 is 11.6 Å². The minimum absolute atomic E-state index is 0.128. The summed E-state index contributed by atoms with van der Waals surface area (Å²) in [5.41, 5.74) is 2.01. The van der Waals surface area contributed by atoms with Crippen LogP contribution >= 0.6 is 0 Å². The Kier molecular flexibility index (Phi) is 4.23. The average Bonchev–Trinajstić information content (AvgIpc) is 3.00. The van der Waals surface area contributed by atoms with Crippen molar-refractivity contribution < 1.29 is 9.53 Å². The summed E-state index contributed by atoms with van der Waals surface area (Å²) in [5, 5.41) is 7.10. The fourth-order valence-electron chi connectivity index (χ4n) is 2.36. The van der Waals surface area contributed by atoms with Gasteiger partial charge in [0, 0.05) is 12.4 Å². The quantitative estimate of drug-likeness (QED) is 0.786. The second-order valence-electron chi connectivity index (χ2n) is 5.14. The molecule has 1 aromatic carbocycles. The van der Waals surface area contributed by atoms with E-state index in [0.29, 0.717) is 17.8 Å². The van der Waals surface area contributed by atoms with Crippen LogP contribution in [0.3, 0.4) is 0 Å². The molecule has 1 amide bonds. The number of hydrogen-bond acceptors (Lipinski definition) is 4. The molecule has 6 nitrogen and oxygen atoms in total. The molecule has 0 saturated carbocycles. The van der Waals surface area contributed by atoms with Gasteiger partial charge in [-0.15, -0.1) is 0 Å². The Labute approximate surface area is 134 Å². The van der Waals surface area contributed by atoms with Crippen molar-refractivity contribution in [2.45, 2.75) is 19.9 Å². The van der Waals surface area contributed by atoms with Crippen LogP contribution in [0, 0.1) is 0 Å². The molecular weight excluding hydrogens is 292 g/mol. The second-order valence-corrected chi connectivity index (χ2v) is 5.14. The van der Waals surface area contributed by atoms with E-state index in [1.165, 1.54) is 6.20 Å². The van der Waals surface area contributed by atoms with Crippen molar-refractivity contribution in [1.29, 1.82) is 0 Å². The number of benzene rings is 1. The molecule has 118 valence electrons. The van der Waals surface area contributed by atoms with Crippen molar-refractivity contribution in [2.75, 3.05) is 6.61 Å². The number of hydrogen-bond donors (Lipinski definition) is 1. The molecule has 0 aliphatic carbocycles. The minimum Gasteiger partial charge on any atom is -0.494 e. The maximum absolute atomic E-state index is 12.4. The summed E-state index contributed by atoms with van der Waals surface area (Å²) in [7, 11) is 0. The van der Waals surface area contributed by atoms with Crippen LogP contribution in [0.2, 0.25) is 0 Å². The zero-order valence-electron chi connectivity index (χ0n) is 13.1. The molecule has 0 saturated heterocycles. The first-order valence-electron chi connectivity index (χ1n) is 7.51. The van der Waals surface area contributed by atoms with Crippen LogP contribution in [0.25, 0.3) is 5.65 Å². The third-order valence-corrected chi connectivity index (χ3v) is 3.56. The van der Waals surface area contributed by atoms with E-state index in [0.717, 1.165) is 11.3 Å². The van der Waals surface area contributed by atoms with Crippen LogP contribution < -0.4 is 10.1 Å². The van der Waals surface area contributed by atoms with E-state index < -0.39 is 0 Å². The largest absolute Gasteiger partial charge is 0.494 e. The lowest BCUT2D eigenvalue weighted by molar-refractivity contribution is 0.0941. The fourth-order valence-corrected chi connectivity index (χ4v) is 2.36. The van der Waals surface area contributed by atoms with Crippen LogP contribution in [0.5, 0.6) is 5.75 Å². The van der Waals surface area contributed by atoms with Crippen LogP contribution in [-0.4, -0.2) is 27.1 Å². The van der Waals surface area contributed by atoms with Crippen LogP contribution in [0.15, 0.2) is 48.9 Å². The van der Waals surface area contributed by atoms with Gasteiger partial charge in [-0.2, -0.15) is 5.10 Å². The molecule has 2 heterocycles. The Balaban J connectivity index is 1.74. The zero-order valence-corrected chi connectivity index (χ0v) is 13.1. The van der Waals surface area contributed by atoms with Crippen LogP contribution in [-0.2, 0) is 0 Å². The Morgan fingerprint density at radius 3 is 2.87 bits per heavy atom. The van der Waals surface area contributed by atoms with Crippen molar-refractivity contribution in [3.8, 4) is 5.75 Å². The number of nitrogens with zero attached hydrogens (tertiary/aromatic N) is 3. The third-order valence-electron chi connectivity index (χ3n) is 3.56. The Morgan fingerprint density at radius 2 is 2.13 bits per heavy atom. The van der Waals surface area contributed by atoms with Crippen LogP contribution in [0.4, 0.5) is 0 Å². The first-order chi connectivity index (χ1) is 11.2. The van der Waals surface area contributed by atoms with Gasteiger partial charge in [0.25, 0.3) is 5.91 Å². The monoisotopic (exact) mass is 310 g/mol. The van der Waals surface area contributed by atoms with Gasteiger partial charge in [-0.3, -0.25) is 4.79 Å². The molecule has 0 aliphatic heterocycles. The number of rotatable bonds is 5. The van der Waals surface area contributed by atoms with E-state index in [2.05, 4.69) is 15.4 Å². The highest BCUT2D eigenvalue weighted by molar-refractivity contribution is 5.99. The Bertz CT molecular complexity index is 811. The molecule has 23 heavy (non-hydrogen) atoms. The van der Waals surface area contributed by atoms with E-state index >= 15 is 0 Å². The zero-order chi connectivity index (χ0) is 16.2. The standard InChI is InChI=1S/C17H18N4O2/c1-3-23-14-7-5-13(6-8-14)12(2)20-17(22)15-11-19-21-10-4-9-18-16(15)21/h4-12H,3H2,1-2H3,(H,20,22)/t12-/m0/s1. The molecule has 2 aromatic heterocycles. The summed E-state index contributed by atoms with van der Waals surface area (Å²) < 4.78 is 7.00. The van der Waals surface area contributed by atoms with E-state index in [-0.39, 0.29) is 11.9 Å². The number of carbonyl (C=O) groups excluding carboxylic acids is 1. The number of aromatic nitrogens is 3. The minimum atomic E-state index is -0.194. The first kappa shape index (κ1) is 15.0. The molecule has 3 aromatic rings. The topological polar surface area (TPSA) is 68.5 Å². The molecule has 1 atom stereocenters. The van der Waals surface area contributed by atoms with Gasteiger partial charge in [-0.25, -0.2) is 9.50 Å². The first-order valence-corrected chi connectivity index (χ1v) is 7.51. The molecule has 6 heteroatoms. The summed E-state index contributed by atoms with van der Waals surface area (Å²) in [6.07, 6.45) is 4.93. The smallest absolute Gasteiger partial charge is 0.257 e. The van der Waals surface area contributed by atoms with Crippen molar-refractivity contribution in [3.05, 3.63) is 60.0 Å². The molecule has 0 unspecified atom stereocenters. The van der Waals surface area contributed by atoms with Crippen molar-refractivity contribution in [1.82, 2.24) is 19.9 Å². The lowest BCUT2D eigenvalue weighted by Gasteiger charge is -2.14. The number of ether oxygens (including phenoxy) is 1. The van der Waals surface area contributed by atoms with Gasteiger partial charge < -0.3 is 10.1 Å². The average molecular weight is 310 g/mol. The number of carbonyl (C=O) groups is 1. The van der Waals surface area contributed by atoms with Crippen molar-refractivity contribution in [2.24, 2.45) is 0 Å². The summed E-state index contributed by atoms with van der Waals surface area (Å²) in [6.45, 7) is 4.51. The highest BCUT2D eigenvalue weighted by Crippen LogP contribution is 2.18. The van der Waals surface area contributed by atoms with E-state index in [4.69, 9.17) is 4.74 Å². The van der Waals surface area contributed by atoms with E-state index in [1.807, 2.05) is 38.1 Å². The lowest BCUT2D eigenvalue weighted by atomic mass is 10.1. The predicted molar refractivity (Wildman–Crippen MR) is 86.5 cm³/mol. The molecule has 3 rings (SSSR count). The fraction of sp³-hybridized carbons (Fsp3) is 0.235. The van der Waals surface area contributed by atoms with Gasteiger partial charge in [0.05, 0.1) is 18.8 Å². The van der Waals surface area contributed by atoms with Gasteiger partial charge in [0.1, 0.15) is 11.3 Å². The third kappa shape index (κ3) is 3.15. The highest BCUT2D eigenvalue weighted by Gasteiger charge is 2.16. The predicted octanol–water partition coefficient (Wildman–Crippen LogP) is 2.62. The molecule has 0 spiro atoms. The van der Waals surface area contributed by atoms with Gasteiger partial charge >= 0.3 is 0 Å². The van der Waals surface area contributed by atoms with E-state index in [9.17, 15) is 4.79 Å². The maximum Gasteiger partial charge on any atom is 0.257 e. The molecule has 1 N–H and O–H groups in total. The summed E-state index contributed by atoms with van der Waals surface area (Å²) in [6, 6.07) is 9.34. The molecular formula is C17H18N4O2. The number of amides is 1. The summed E-state index contributed by atoms with van der Waals surface area (Å²) in [4.78, 5) is 16.6. The molecule has 0 aliphatic rings. The van der Waals surface area contributed by atoms with Crippen LogP contribution in [0.1, 0.15) is 35.8 Å². The van der Waals surface area contributed by atoms with E-state index in [1.54, 1.807) is 23.0 Å². The Hall–Kier alpha value is -2.89. The van der Waals surface area contributed by atoms with Gasteiger partial charge in [-0.1, -0.05) is 12.1 Å². The highest BCUT2D eigenvalue weighted by atomic mass is 16.5. The van der Waals surface area contributed by atoms with Gasteiger partial charge in [0.15, 0.2) is 5.65 Å². The normalized spacial score (nSPS) is 12.1. The summed E-state index contributed by atoms with van der Waals surface area (Å²) >= 11 is 0. The molecule has 0 bridgehead atoms. The lowest BCUT2D eigenvalue weighted by Crippen LogP contribution is -2.26. The van der Waals surface area contributed by atoms with Gasteiger partial charge in [0.2, 0.25) is 0 Å². The summed E-state index contributed by atoms with van der Waals surface area (Å²) in [5.74, 6) is 0.627. The van der Waals surface area contributed by atoms with Crippen molar-refractivity contribution in [3.63, 3.8) is 0 Å². The Morgan fingerprint density at radius 1 is 1.35 bits per heavy atom. The SMILES string of the molecule is CCOc1ccc([C@H](C)NC(=O)c2cnn3cccnc23)cc1. The number of fused-ring (bicyclic) bond motifs is 1. The molecule has 0 radical (unpaired) electrons.